The number of hydrogen-bond acceptors (Lipinski definition) is 15. The minimum Gasteiger partial charge on any atom is -0.444 e. The molecule has 27 heteroatoms. The maximum absolute atomic E-state index is 14.0. The number of halogens is 2. The first kappa shape index (κ1) is 61.6. The van der Waals surface area contributed by atoms with Crippen molar-refractivity contribution in [3.05, 3.63) is 113 Å². The molecule has 0 spiro atoms. The molecule has 0 bridgehead atoms. The SMILES string of the molecule is CC(C)(C)OC(=O)N1CC=C(c2cccc3nc(NC(=O)C4CC4)nn23)CC1.O=C(Nc1nc2cccc(Br)n2n1)C1CC1.O=C(Nc1nc2cccc(C3=CCCCC3)n2n1)C1CC1.O=C(Nc1nc2cccc(C3=CCN(C(=O)C4(F)CC4)CC3)n2n1)C1CC1. The van der Waals surface area contributed by atoms with E-state index in [1.807, 2.05) is 104 Å². The molecule has 0 unspecified atom stereocenters. The Morgan fingerprint density at radius 3 is 1.21 bits per heavy atom. The van der Waals surface area contributed by atoms with Crippen LogP contribution in [-0.4, -0.2) is 141 Å². The molecule has 6 aliphatic carbocycles. The van der Waals surface area contributed by atoms with Gasteiger partial charge < -0.3 is 14.5 Å². The second-order valence-corrected chi connectivity index (χ2v) is 26.3. The predicted molar refractivity (Wildman–Crippen MR) is 344 cm³/mol. The molecule has 5 fully saturated rings. The highest BCUT2D eigenvalue weighted by Gasteiger charge is 2.53. The van der Waals surface area contributed by atoms with Gasteiger partial charge >= 0.3 is 6.09 Å². The van der Waals surface area contributed by atoms with Crippen LogP contribution in [0.2, 0.25) is 0 Å². The number of nitrogens with one attached hydrogen (secondary N) is 4. The van der Waals surface area contributed by atoms with Crippen LogP contribution in [0, 0.1) is 23.7 Å². The van der Waals surface area contributed by atoms with E-state index in [2.05, 4.69) is 89.7 Å². The zero-order chi connectivity index (χ0) is 63.8. The number of aromatic nitrogens is 12. The number of carbonyl (C=O) groups is 6. The van der Waals surface area contributed by atoms with Crippen LogP contribution in [0.3, 0.4) is 0 Å². The second kappa shape index (κ2) is 25.8. The average molecular weight is 1320 g/mol. The summed E-state index contributed by atoms with van der Waals surface area (Å²) in [5, 5.41) is 28.7. The summed E-state index contributed by atoms with van der Waals surface area (Å²) in [7, 11) is 0. The van der Waals surface area contributed by atoms with Crippen LogP contribution in [0.25, 0.3) is 39.3 Å². The molecule has 8 aromatic heterocycles. The van der Waals surface area contributed by atoms with E-state index in [0.29, 0.717) is 92.6 Å². The average Bonchev–Trinajstić information content (AvgIpc) is 1.79. The zero-order valence-corrected chi connectivity index (χ0v) is 53.1. The molecule has 6 amide bonds. The van der Waals surface area contributed by atoms with Gasteiger partial charge in [0, 0.05) is 49.9 Å². The second-order valence-electron chi connectivity index (χ2n) is 25.5. The number of nitrogens with zero attached hydrogens (tertiary/aromatic N) is 14. The third kappa shape index (κ3) is 14.7. The minimum atomic E-state index is -1.62. The lowest BCUT2D eigenvalue weighted by Crippen LogP contribution is -2.41. The van der Waals surface area contributed by atoms with E-state index in [0.717, 1.165) is 103 Å². The fourth-order valence-corrected chi connectivity index (χ4v) is 11.3. The van der Waals surface area contributed by atoms with Crippen molar-refractivity contribution in [3.8, 4) is 0 Å². The summed E-state index contributed by atoms with van der Waals surface area (Å²) >= 11 is 3.37. The maximum atomic E-state index is 14.0. The molecule has 0 aromatic carbocycles. The summed E-state index contributed by atoms with van der Waals surface area (Å²) in [5.74, 6) is 1.57. The first-order valence-corrected chi connectivity index (χ1v) is 32.5. The number of fused-ring (bicyclic) bond motifs is 4. The van der Waals surface area contributed by atoms with E-state index in [4.69, 9.17) is 4.74 Å². The molecule has 478 valence electrons. The standard InChI is InChI=1S/C20H25N5O3.C19H20FN5O2.C16H18N4O.C10H9BrN4O/c1-20(2,3)28-19(27)24-11-9-13(10-12-24)15-5-4-6-16-21-18(23-25(15)16)22-17(26)14-7-8-14;20-19(8-9-19)17(27)24-10-6-12(7-11-24)14-2-1-3-15-21-18(23-25(14)15)22-16(26)13-4-5-13;21-15(12-9-10-12)18-16-17-14-8-4-7-13(20(14)19-16)11-5-2-1-3-6-11;11-7-2-1-3-8-12-10(14-15(7)8)13-9(16)6-4-5-6/h4-6,9,14H,7-8,10-12H2,1-3H3,(H,22,23,26);1-3,6,13H,4-5,7-11H2,(H,22,23,26);4-5,7-8,12H,1-3,6,9-10H2,(H,18,19,21);1-3,6H,4-5H2,(H,13,14,16). The quantitative estimate of drug-likeness (QED) is 0.0828. The number of rotatable bonds is 12. The summed E-state index contributed by atoms with van der Waals surface area (Å²) in [5.41, 5.74) is 7.04. The molecule has 16 rings (SSSR count). The van der Waals surface area contributed by atoms with E-state index in [9.17, 15) is 33.2 Å². The molecule has 10 heterocycles. The normalized spacial score (nSPS) is 18.4. The fraction of sp³-hybridized carbons (Fsp3) is 0.446. The van der Waals surface area contributed by atoms with Crippen LogP contribution >= 0.6 is 15.9 Å². The lowest BCUT2D eigenvalue weighted by Gasteiger charge is -2.29. The summed E-state index contributed by atoms with van der Waals surface area (Å²) in [6.45, 7) is 7.55. The van der Waals surface area contributed by atoms with Gasteiger partial charge in [0.05, 0.1) is 17.1 Å². The van der Waals surface area contributed by atoms with Gasteiger partial charge in [-0.15, -0.1) is 20.4 Å². The number of anilines is 4. The Bertz CT molecular complexity index is 4290. The Balaban J connectivity index is 0.000000114. The molecule has 0 atom stereocenters. The number of pyridine rings is 4. The Hall–Kier alpha value is -9.27. The third-order valence-electron chi connectivity index (χ3n) is 16.8. The van der Waals surface area contributed by atoms with Gasteiger partial charge in [0.2, 0.25) is 47.4 Å². The summed E-state index contributed by atoms with van der Waals surface area (Å²) in [4.78, 5) is 92.4. The molecule has 4 N–H and O–H groups in total. The topological polar surface area (TPSA) is 287 Å². The van der Waals surface area contributed by atoms with E-state index in [1.54, 1.807) is 23.3 Å². The Kier molecular flexibility index (Phi) is 17.3. The van der Waals surface area contributed by atoms with E-state index < -0.39 is 11.3 Å². The Morgan fingerprint density at radius 1 is 0.500 bits per heavy atom. The van der Waals surface area contributed by atoms with E-state index in [1.165, 1.54) is 18.4 Å². The molecular weight excluding hydrogens is 1240 g/mol. The van der Waals surface area contributed by atoms with Crippen LogP contribution in [0.5, 0.6) is 0 Å². The van der Waals surface area contributed by atoms with Gasteiger partial charge in [-0.2, -0.15) is 19.9 Å². The van der Waals surface area contributed by atoms with Crippen LogP contribution in [-0.2, 0) is 28.7 Å². The molecule has 92 heavy (non-hydrogen) atoms. The molecule has 25 nitrogen and oxygen atoms in total. The lowest BCUT2D eigenvalue weighted by molar-refractivity contribution is -0.137. The van der Waals surface area contributed by atoms with Crippen molar-refractivity contribution in [3.63, 3.8) is 0 Å². The van der Waals surface area contributed by atoms with Crippen molar-refractivity contribution < 1.29 is 37.9 Å². The fourth-order valence-electron chi connectivity index (χ4n) is 10.9. The van der Waals surface area contributed by atoms with Crippen LogP contribution in [0.1, 0.15) is 141 Å². The van der Waals surface area contributed by atoms with Gasteiger partial charge in [0.25, 0.3) is 5.91 Å². The number of hydrogen-bond donors (Lipinski definition) is 4. The van der Waals surface area contributed by atoms with Gasteiger partial charge in [-0.3, -0.25) is 45.2 Å². The molecule has 0 saturated heterocycles. The number of amides is 6. The predicted octanol–water partition coefficient (Wildman–Crippen LogP) is 10.2. The maximum Gasteiger partial charge on any atom is 0.410 e. The van der Waals surface area contributed by atoms with Crippen molar-refractivity contribution in [2.75, 3.05) is 47.4 Å². The van der Waals surface area contributed by atoms with Crippen LogP contribution < -0.4 is 21.3 Å². The summed E-state index contributed by atoms with van der Waals surface area (Å²) in [6, 6.07) is 23.0. The lowest BCUT2D eigenvalue weighted by atomic mass is 9.97. The van der Waals surface area contributed by atoms with E-state index in [-0.39, 0.29) is 59.3 Å². The van der Waals surface area contributed by atoms with Gasteiger partial charge in [0.15, 0.2) is 28.3 Å². The zero-order valence-electron chi connectivity index (χ0n) is 51.5. The van der Waals surface area contributed by atoms with Crippen molar-refractivity contribution in [1.29, 1.82) is 0 Å². The number of carbonyl (C=O) groups excluding carboxylic acids is 6. The van der Waals surface area contributed by atoms with Crippen LogP contribution in [0.4, 0.5) is 33.0 Å². The highest BCUT2D eigenvalue weighted by Crippen LogP contribution is 2.42. The highest BCUT2D eigenvalue weighted by molar-refractivity contribution is 9.10. The smallest absolute Gasteiger partial charge is 0.410 e. The molecular formula is C65H72BrFN18O7. The van der Waals surface area contributed by atoms with Crippen molar-refractivity contribution in [2.45, 2.75) is 135 Å². The molecule has 0 radical (unpaired) electrons. The molecule has 5 saturated carbocycles. The molecule has 2 aliphatic heterocycles. The van der Waals surface area contributed by atoms with Gasteiger partial charge in [0.1, 0.15) is 10.2 Å². The number of ether oxygens (including phenoxy) is 1. The highest BCUT2D eigenvalue weighted by atomic mass is 79.9. The monoisotopic (exact) mass is 1310 g/mol. The Morgan fingerprint density at radius 2 is 0.870 bits per heavy atom. The molecule has 8 aliphatic rings. The largest absolute Gasteiger partial charge is 0.444 e. The summed E-state index contributed by atoms with van der Waals surface area (Å²) in [6.07, 6.45) is 20.3. The minimum absolute atomic E-state index is 0.0117. The third-order valence-corrected chi connectivity index (χ3v) is 17.4. The van der Waals surface area contributed by atoms with E-state index >= 15 is 0 Å². The first-order valence-electron chi connectivity index (χ1n) is 31.8. The van der Waals surface area contributed by atoms with Gasteiger partial charge in [-0.25, -0.2) is 27.2 Å². The number of allylic oxidation sites excluding steroid dienone is 2. The van der Waals surface area contributed by atoms with Gasteiger partial charge in [-0.1, -0.05) is 42.5 Å². The van der Waals surface area contributed by atoms with Gasteiger partial charge in [-0.05, 0) is 205 Å². The van der Waals surface area contributed by atoms with Crippen molar-refractivity contribution in [2.24, 2.45) is 23.7 Å². The first-order chi connectivity index (χ1) is 44.4. The van der Waals surface area contributed by atoms with Crippen LogP contribution in [0.15, 0.2) is 95.6 Å². The number of alkyl halides is 1. The van der Waals surface area contributed by atoms with Crippen molar-refractivity contribution in [1.82, 2.24) is 68.2 Å². The Labute approximate surface area is 536 Å². The van der Waals surface area contributed by atoms with Crippen molar-refractivity contribution >= 4 is 115 Å². The molecule has 8 aromatic rings. The summed E-state index contributed by atoms with van der Waals surface area (Å²) < 4.78 is 27.2.